The van der Waals surface area contributed by atoms with Crippen molar-refractivity contribution in [2.45, 2.75) is 112 Å². The Kier molecular flexibility index (Phi) is 7.38. The number of hydrogen-bond donors (Lipinski definition) is 1. The van der Waals surface area contributed by atoms with Gasteiger partial charge in [-0.2, -0.15) is 0 Å². The molecule has 1 aromatic rings. The molecule has 0 radical (unpaired) electrons. The molecule has 43 heavy (non-hydrogen) atoms. The van der Waals surface area contributed by atoms with E-state index < -0.39 is 11.4 Å². The summed E-state index contributed by atoms with van der Waals surface area (Å²) in [5.41, 5.74) is 1.99. The van der Waals surface area contributed by atoms with Crippen LogP contribution in [0, 0.1) is 56.7 Å². The van der Waals surface area contributed by atoms with Crippen molar-refractivity contribution < 1.29 is 19.4 Å². The molecule has 5 saturated carbocycles. The molecular formula is C39H54O4. The average Bonchev–Trinajstić information content (AvgIpc) is 3.36. The lowest BCUT2D eigenvalue weighted by atomic mass is 9.32. The summed E-state index contributed by atoms with van der Waals surface area (Å²) in [6.07, 6.45) is 13.6. The van der Waals surface area contributed by atoms with E-state index in [9.17, 15) is 14.7 Å². The zero-order chi connectivity index (χ0) is 31.0. The van der Waals surface area contributed by atoms with E-state index in [0.717, 1.165) is 56.9 Å². The van der Waals surface area contributed by atoms with E-state index in [1.165, 1.54) is 18.4 Å². The van der Waals surface area contributed by atoms with Crippen molar-refractivity contribution in [2.24, 2.45) is 56.7 Å². The summed E-state index contributed by atoms with van der Waals surface area (Å²) >= 11 is 0. The Morgan fingerprint density at radius 3 is 2.26 bits per heavy atom. The van der Waals surface area contributed by atoms with Crippen LogP contribution in [0.2, 0.25) is 0 Å². The first-order chi connectivity index (χ1) is 20.2. The van der Waals surface area contributed by atoms with Crippen LogP contribution in [0.1, 0.15) is 111 Å². The third-order valence-electron chi connectivity index (χ3n) is 14.9. The average molecular weight is 587 g/mol. The van der Waals surface area contributed by atoms with Crippen molar-refractivity contribution in [1.29, 1.82) is 0 Å². The number of hydrogen-bond acceptors (Lipinski definition) is 3. The van der Waals surface area contributed by atoms with E-state index >= 15 is 0 Å². The summed E-state index contributed by atoms with van der Waals surface area (Å²) in [5, 5.41) is 10.6. The molecule has 5 aliphatic rings. The van der Waals surface area contributed by atoms with Crippen LogP contribution in [-0.2, 0) is 14.3 Å². The van der Waals surface area contributed by atoms with Crippen molar-refractivity contribution in [1.82, 2.24) is 0 Å². The number of aliphatic carboxylic acids is 1. The van der Waals surface area contributed by atoms with Gasteiger partial charge in [-0.15, -0.1) is 0 Å². The Balaban J connectivity index is 1.25. The van der Waals surface area contributed by atoms with Gasteiger partial charge in [-0.1, -0.05) is 77.1 Å². The number of carboxylic acid groups (broad SMARTS) is 1. The predicted octanol–water partition coefficient (Wildman–Crippen LogP) is 9.35. The maximum absolute atomic E-state index is 13.0. The standard InChI is InChI=1S/C39H54O4/c1-25(2)27-17-22-39(34(41)42)24-23-37(6)28(33(27)39)14-15-30-36(5)20-19-31(35(3,4)29(36)18-21-38(30,37)7)43-32(40)16-13-26-11-9-8-10-12-26/h8-13,16,27-31,33H,1,14-15,17-24H2,2-7H3,(H,41,42)/t27-,28+,29-,30+,31+,33+,36-,37+,38+,39-/m0/s1. The molecule has 0 unspecified atom stereocenters. The predicted molar refractivity (Wildman–Crippen MR) is 172 cm³/mol. The van der Waals surface area contributed by atoms with Crippen LogP contribution in [0.15, 0.2) is 48.6 Å². The molecule has 0 aromatic heterocycles. The molecule has 0 spiro atoms. The van der Waals surface area contributed by atoms with Crippen molar-refractivity contribution in [2.75, 3.05) is 0 Å². The Hall–Kier alpha value is -2.36. The highest BCUT2D eigenvalue weighted by molar-refractivity contribution is 5.87. The van der Waals surface area contributed by atoms with Gasteiger partial charge in [-0.25, -0.2) is 4.79 Å². The summed E-state index contributed by atoms with van der Waals surface area (Å²) in [5.74, 6) is 1.25. The highest BCUT2D eigenvalue weighted by Crippen LogP contribution is 2.77. The Morgan fingerprint density at radius 1 is 0.860 bits per heavy atom. The lowest BCUT2D eigenvalue weighted by Crippen LogP contribution is -2.67. The molecule has 0 amide bonds. The van der Waals surface area contributed by atoms with E-state index in [4.69, 9.17) is 4.74 Å². The maximum atomic E-state index is 13.0. The summed E-state index contributed by atoms with van der Waals surface area (Å²) < 4.78 is 6.21. The first-order valence-corrected chi connectivity index (χ1v) is 17.0. The number of ether oxygens (including phenoxy) is 1. The van der Waals surface area contributed by atoms with Crippen molar-refractivity contribution in [3.05, 3.63) is 54.1 Å². The number of allylic oxidation sites excluding steroid dienone is 1. The second-order valence-corrected chi connectivity index (χ2v) is 16.7. The first kappa shape index (κ1) is 30.7. The minimum atomic E-state index is -0.572. The molecule has 0 saturated heterocycles. The highest BCUT2D eigenvalue weighted by Gasteiger charge is 2.72. The van der Waals surface area contributed by atoms with E-state index in [1.807, 2.05) is 36.4 Å². The number of rotatable bonds is 5. The van der Waals surface area contributed by atoms with Gasteiger partial charge in [0.15, 0.2) is 0 Å². The zero-order valence-corrected chi connectivity index (χ0v) is 27.5. The van der Waals surface area contributed by atoms with Crippen LogP contribution in [-0.4, -0.2) is 23.1 Å². The highest BCUT2D eigenvalue weighted by atomic mass is 16.5. The summed E-state index contributed by atoms with van der Waals surface area (Å²) in [4.78, 5) is 25.9. The van der Waals surface area contributed by atoms with Crippen LogP contribution < -0.4 is 0 Å². The van der Waals surface area contributed by atoms with Crippen molar-refractivity contribution in [3.8, 4) is 0 Å². The van der Waals surface area contributed by atoms with Gasteiger partial charge < -0.3 is 9.84 Å². The van der Waals surface area contributed by atoms with E-state index in [2.05, 4.69) is 48.1 Å². The van der Waals surface area contributed by atoms with Gasteiger partial charge in [-0.05, 0) is 129 Å². The zero-order valence-electron chi connectivity index (χ0n) is 27.5. The number of carbonyl (C=O) groups is 2. The normalized spacial score (nSPS) is 44.9. The molecular weight excluding hydrogens is 532 g/mol. The third-order valence-corrected chi connectivity index (χ3v) is 14.9. The van der Waals surface area contributed by atoms with Crippen molar-refractivity contribution in [3.63, 3.8) is 0 Å². The monoisotopic (exact) mass is 586 g/mol. The van der Waals surface area contributed by atoms with Gasteiger partial charge in [0, 0.05) is 11.5 Å². The second kappa shape index (κ2) is 10.3. The van der Waals surface area contributed by atoms with Gasteiger partial charge in [0.05, 0.1) is 5.41 Å². The summed E-state index contributed by atoms with van der Waals surface area (Å²) in [6, 6.07) is 9.91. The fourth-order valence-electron chi connectivity index (χ4n) is 12.6. The topological polar surface area (TPSA) is 63.6 Å². The van der Waals surface area contributed by atoms with Crippen LogP contribution in [0.25, 0.3) is 6.08 Å². The summed E-state index contributed by atoms with van der Waals surface area (Å²) in [6.45, 7) is 18.9. The quantitative estimate of drug-likeness (QED) is 0.212. The largest absolute Gasteiger partial charge is 0.481 e. The van der Waals surface area contributed by atoms with Gasteiger partial charge >= 0.3 is 11.9 Å². The molecule has 234 valence electrons. The third kappa shape index (κ3) is 4.35. The number of esters is 1. The van der Waals surface area contributed by atoms with Gasteiger partial charge in [0.1, 0.15) is 6.10 Å². The SMILES string of the molecule is C=C(C)[C@@H]1CC[C@]2(C(=O)O)CC[C@]3(C)[C@H](CC[C@@H]4[C@@]5(C)CC[C@@H](OC(=O)C=Cc6ccccc6)C(C)(C)[C@@H]5CC[C@]43C)[C@@H]12. The van der Waals surface area contributed by atoms with Gasteiger partial charge in [0.2, 0.25) is 0 Å². The van der Waals surface area contributed by atoms with Crippen LogP contribution >= 0.6 is 0 Å². The minimum absolute atomic E-state index is 0.0875. The van der Waals surface area contributed by atoms with E-state index in [-0.39, 0.29) is 39.7 Å². The van der Waals surface area contributed by atoms with Gasteiger partial charge in [-0.3, -0.25) is 4.79 Å². The summed E-state index contributed by atoms with van der Waals surface area (Å²) in [7, 11) is 0. The molecule has 5 aliphatic carbocycles. The number of carbonyl (C=O) groups excluding carboxylic acids is 1. The smallest absolute Gasteiger partial charge is 0.331 e. The van der Waals surface area contributed by atoms with Crippen LogP contribution in [0.4, 0.5) is 0 Å². The second-order valence-electron chi connectivity index (χ2n) is 16.7. The number of fused-ring (bicyclic) bond motifs is 7. The molecule has 1 N–H and O–H groups in total. The Morgan fingerprint density at radius 2 is 1.58 bits per heavy atom. The lowest BCUT2D eigenvalue weighted by molar-refractivity contribution is -0.250. The minimum Gasteiger partial charge on any atom is -0.481 e. The first-order valence-electron chi connectivity index (χ1n) is 17.0. The molecule has 6 rings (SSSR count). The molecule has 0 heterocycles. The molecule has 1 aromatic carbocycles. The fourth-order valence-corrected chi connectivity index (χ4v) is 12.6. The molecule has 0 aliphatic heterocycles. The van der Waals surface area contributed by atoms with Crippen LogP contribution in [0.3, 0.4) is 0 Å². The fraction of sp³-hybridized carbons (Fsp3) is 0.692. The maximum Gasteiger partial charge on any atom is 0.331 e. The Bertz CT molecular complexity index is 1310. The van der Waals surface area contributed by atoms with E-state index in [0.29, 0.717) is 23.7 Å². The van der Waals surface area contributed by atoms with Crippen molar-refractivity contribution >= 4 is 18.0 Å². The molecule has 0 bridgehead atoms. The number of benzene rings is 1. The molecule has 4 nitrogen and oxygen atoms in total. The molecule has 5 fully saturated rings. The van der Waals surface area contributed by atoms with E-state index in [1.54, 1.807) is 6.08 Å². The van der Waals surface area contributed by atoms with Crippen LogP contribution in [0.5, 0.6) is 0 Å². The lowest BCUT2D eigenvalue weighted by Gasteiger charge is -2.72. The molecule has 10 atom stereocenters. The Labute approximate surface area is 259 Å². The number of carboxylic acids is 1. The molecule has 4 heteroatoms. The van der Waals surface area contributed by atoms with Gasteiger partial charge in [0.25, 0.3) is 0 Å².